The molecule has 0 unspecified atom stereocenters. The van der Waals surface area contributed by atoms with Gasteiger partial charge in [0.2, 0.25) is 0 Å². The number of carbonyl (C=O) groups is 1. The lowest BCUT2D eigenvalue weighted by atomic mass is 10.3. The SMILES string of the molecule is Cc1cc(C(=O)NCCc2ncn[nH]2)sc1Br. The van der Waals surface area contributed by atoms with Gasteiger partial charge in [-0.25, -0.2) is 4.98 Å². The van der Waals surface area contributed by atoms with Crippen molar-refractivity contribution < 1.29 is 4.79 Å². The van der Waals surface area contributed by atoms with Gasteiger partial charge in [-0.15, -0.1) is 11.3 Å². The zero-order chi connectivity index (χ0) is 12.3. The van der Waals surface area contributed by atoms with E-state index in [1.807, 2.05) is 13.0 Å². The Labute approximate surface area is 111 Å². The van der Waals surface area contributed by atoms with Crippen LogP contribution in [-0.2, 0) is 6.42 Å². The lowest BCUT2D eigenvalue weighted by Crippen LogP contribution is -2.25. The van der Waals surface area contributed by atoms with Gasteiger partial charge in [0.1, 0.15) is 12.2 Å². The smallest absolute Gasteiger partial charge is 0.261 e. The Balaban J connectivity index is 1.85. The standard InChI is InChI=1S/C10H11BrN4OS/c1-6-4-7(17-9(6)11)10(16)12-3-2-8-13-5-14-15-8/h4-5H,2-3H2,1H3,(H,12,16)(H,13,14,15). The van der Waals surface area contributed by atoms with Crippen LogP contribution in [0.25, 0.3) is 0 Å². The first kappa shape index (κ1) is 12.3. The number of hydrogen-bond acceptors (Lipinski definition) is 4. The third-order valence-electron chi connectivity index (χ3n) is 2.19. The molecule has 2 N–H and O–H groups in total. The molecule has 2 aromatic rings. The summed E-state index contributed by atoms with van der Waals surface area (Å²) >= 11 is 4.84. The summed E-state index contributed by atoms with van der Waals surface area (Å²) in [4.78, 5) is 16.5. The van der Waals surface area contributed by atoms with Crippen molar-refractivity contribution in [3.63, 3.8) is 0 Å². The number of nitrogens with zero attached hydrogens (tertiary/aromatic N) is 2. The van der Waals surface area contributed by atoms with Crippen molar-refractivity contribution in [2.45, 2.75) is 13.3 Å². The van der Waals surface area contributed by atoms with E-state index in [1.54, 1.807) is 0 Å². The molecule has 2 aromatic heterocycles. The number of nitrogens with one attached hydrogen (secondary N) is 2. The Morgan fingerprint density at radius 1 is 1.65 bits per heavy atom. The van der Waals surface area contributed by atoms with E-state index < -0.39 is 0 Å². The number of thiophene rings is 1. The first-order valence-corrected chi connectivity index (χ1v) is 6.66. The number of rotatable bonds is 4. The molecule has 0 aliphatic rings. The summed E-state index contributed by atoms with van der Waals surface area (Å²) in [6.07, 6.45) is 2.11. The molecule has 0 spiro atoms. The number of carbonyl (C=O) groups excluding carboxylic acids is 1. The monoisotopic (exact) mass is 314 g/mol. The minimum Gasteiger partial charge on any atom is -0.351 e. The number of aromatic nitrogens is 3. The number of halogens is 1. The van der Waals surface area contributed by atoms with Gasteiger partial charge in [0.05, 0.1) is 8.66 Å². The highest BCUT2D eigenvalue weighted by molar-refractivity contribution is 9.11. The average molecular weight is 315 g/mol. The van der Waals surface area contributed by atoms with Crippen molar-refractivity contribution in [1.82, 2.24) is 20.5 Å². The first-order valence-electron chi connectivity index (χ1n) is 5.05. The fraction of sp³-hybridized carbons (Fsp3) is 0.300. The van der Waals surface area contributed by atoms with Crippen LogP contribution in [0.1, 0.15) is 21.1 Å². The van der Waals surface area contributed by atoms with Crippen LogP contribution in [0.5, 0.6) is 0 Å². The van der Waals surface area contributed by atoms with E-state index >= 15 is 0 Å². The predicted octanol–water partition coefficient (Wildman–Crippen LogP) is 1.91. The van der Waals surface area contributed by atoms with Crippen LogP contribution < -0.4 is 5.32 Å². The van der Waals surface area contributed by atoms with Crippen molar-refractivity contribution in [1.29, 1.82) is 0 Å². The molecule has 0 aliphatic heterocycles. The van der Waals surface area contributed by atoms with Crippen LogP contribution in [-0.4, -0.2) is 27.6 Å². The Bertz CT molecular complexity index is 489. The lowest BCUT2D eigenvalue weighted by Gasteiger charge is -2.00. The fourth-order valence-electron chi connectivity index (χ4n) is 1.30. The van der Waals surface area contributed by atoms with Gasteiger partial charge in [-0.2, -0.15) is 5.10 Å². The predicted molar refractivity (Wildman–Crippen MR) is 69.2 cm³/mol. The van der Waals surface area contributed by atoms with Crippen molar-refractivity contribution in [3.8, 4) is 0 Å². The number of H-pyrrole nitrogens is 1. The van der Waals surface area contributed by atoms with Crippen LogP contribution in [0.4, 0.5) is 0 Å². The van der Waals surface area contributed by atoms with Gasteiger partial charge < -0.3 is 5.32 Å². The molecule has 0 aliphatic carbocycles. The fourth-order valence-corrected chi connectivity index (χ4v) is 2.76. The van der Waals surface area contributed by atoms with Crippen molar-refractivity contribution >= 4 is 33.2 Å². The van der Waals surface area contributed by atoms with Gasteiger partial charge >= 0.3 is 0 Å². The number of aromatic amines is 1. The Morgan fingerprint density at radius 3 is 3.06 bits per heavy atom. The maximum Gasteiger partial charge on any atom is 0.261 e. The molecule has 0 atom stereocenters. The van der Waals surface area contributed by atoms with Crippen molar-refractivity contribution in [2.24, 2.45) is 0 Å². The van der Waals surface area contributed by atoms with E-state index in [-0.39, 0.29) is 5.91 Å². The molecule has 17 heavy (non-hydrogen) atoms. The van der Waals surface area contributed by atoms with E-state index in [2.05, 4.69) is 36.4 Å². The summed E-state index contributed by atoms with van der Waals surface area (Å²) in [5.41, 5.74) is 1.08. The third kappa shape index (κ3) is 3.13. The van der Waals surface area contributed by atoms with E-state index in [0.717, 1.165) is 15.2 Å². The Morgan fingerprint density at radius 2 is 2.47 bits per heavy atom. The summed E-state index contributed by atoms with van der Waals surface area (Å²) < 4.78 is 0.998. The quantitative estimate of drug-likeness (QED) is 0.905. The molecule has 0 aromatic carbocycles. The molecule has 90 valence electrons. The molecule has 7 heteroatoms. The van der Waals surface area contributed by atoms with E-state index in [1.165, 1.54) is 17.7 Å². The van der Waals surface area contributed by atoms with Crippen LogP contribution in [0.15, 0.2) is 16.2 Å². The topological polar surface area (TPSA) is 70.7 Å². The molecule has 1 amide bonds. The normalized spacial score (nSPS) is 10.5. The van der Waals surface area contributed by atoms with Crippen LogP contribution in [0.2, 0.25) is 0 Å². The number of amides is 1. The largest absolute Gasteiger partial charge is 0.351 e. The van der Waals surface area contributed by atoms with Crippen LogP contribution >= 0.6 is 27.3 Å². The second kappa shape index (κ2) is 5.42. The minimum atomic E-state index is -0.0525. The average Bonchev–Trinajstić information content (AvgIpc) is 2.90. The summed E-state index contributed by atoms with van der Waals surface area (Å²) in [6.45, 7) is 2.51. The van der Waals surface area contributed by atoms with E-state index in [4.69, 9.17) is 0 Å². The summed E-state index contributed by atoms with van der Waals surface area (Å²) in [5, 5.41) is 9.33. The van der Waals surface area contributed by atoms with Gasteiger partial charge in [-0.1, -0.05) is 0 Å². The molecule has 0 bridgehead atoms. The summed E-state index contributed by atoms with van der Waals surface area (Å²) in [5.74, 6) is 0.720. The molecule has 0 saturated heterocycles. The molecular formula is C10H11BrN4OS. The van der Waals surface area contributed by atoms with Gasteiger partial charge in [0, 0.05) is 13.0 Å². The highest BCUT2D eigenvalue weighted by atomic mass is 79.9. The van der Waals surface area contributed by atoms with Crippen molar-refractivity contribution in [3.05, 3.63) is 32.4 Å². The minimum absolute atomic E-state index is 0.0525. The van der Waals surface area contributed by atoms with Crippen LogP contribution in [0.3, 0.4) is 0 Å². The second-order valence-electron chi connectivity index (χ2n) is 3.51. The van der Waals surface area contributed by atoms with Gasteiger partial charge in [0.25, 0.3) is 5.91 Å². The number of hydrogen-bond donors (Lipinski definition) is 2. The van der Waals surface area contributed by atoms with Crippen molar-refractivity contribution in [2.75, 3.05) is 6.54 Å². The van der Waals surface area contributed by atoms with E-state index in [9.17, 15) is 4.79 Å². The first-order chi connectivity index (χ1) is 8.16. The third-order valence-corrected chi connectivity index (χ3v) is 4.33. The molecule has 5 nitrogen and oxygen atoms in total. The van der Waals surface area contributed by atoms with Gasteiger partial charge in [-0.3, -0.25) is 9.89 Å². The molecule has 2 heterocycles. The molecule has 2 rings (SSSR count). The second-order valence-corrected chi connectivity index (χ2v) is 5.88. The van der Waals surface area contributed by atoms with Gasteiger partial charge in [-0.05, 0) is 34.5 Å². The zero-order valence-corrected chi connectivity index (χ0v) is 11.6. The maximum atomic E-state index is 11.8. The Kier molecular flexibility index (Phi) is 3.90. The zero-order valence-electron chi connectivity index (χ0n) is 9.16. The molecule has 0 fully saturated rings. The number of aryl methyl sites for hydroxylation is 1. The summed E-state index contributed by atoms with van der Waals surface area (Å²) in [6, 6.07) is 1.87. The van der Waals surface area contributed by atoms with E-state index in [0.29, 0.717) is 17.8 Å². The molecule has 0 radical (unpaired) electrons. The molecular weight excluding hydrogens is 304 g/mol. The highest BCUT2D eigenvalue weighted by Crippen LogP contribution is 2.27. The maximum absolute atomic E-state index is 11.8. The molecule has 0 saturated carbocycles. The lowest BCUT2D eigenvalue weighted by molar-refractivity contribution is 0.0958. The summed E-state index contributed by atoms with van der Waals surface area (Å²) in [7, 11) is 0. The Hall–Kier alpha value is -1.21. The van der Waals surface area contributed by atoms with Crippen LogP contribution in [0, 0.1) is 6.92 Å². The van der Waals surface area contributed by atoms with Gasteiger partial charge in [0.15, 0.2) is 0 Å². The highest BCUT2D eigenvalue weighted by Gasteiger charge is 2.10.